The molecule has 0 spiro atoms. The number of nitrogens with zero attached hydrogens (tertiary/aromatic N) is 1. The van der Waals surface area contributed by atoms with Crippen LogP contribution in [0.2, 0.25) is 0 Å². The van der Waals surface area contributed by atoms with E-state index in [2.05, 4.69) is 15.6 Å². The molecule has 2 rings (SSSR count). The first-order valence-electron chi connectivity index (χ1n) is 6.80. The maximum absolute atomic E-state index is 12.2. The largest absolute Gasteiger partial charge is 0.379 e. The molecule has 1 atom stereocenters. The number of hydrogen-bond acceptors (Lipinski definition) is 4. The summed E-state index contributed by atoms with van der Waals surface area (Å²) in [7, 11) is 0. The topological polar surface area (TPSA) is 63.2 Å². The monoisotopic (exact) mass is 263 g/mol. The molecule has 5 nitrogen and oxygen atoms in total. The van der Waals surface area contributed by atoms with E-state index in [-0.39, 0.29) is 11.9 Å². The second-order valence-electron chi connectivity index (χ2n) is 4.80. The third-order valence-corrected chi connectivity index (χ3v) is 3.07. The molecule has 1 aromatic heterocycles. The van der Waals surface area contributed by atoms with Crippen LogP contribution in [-0.4, -0.2) is 36.7 Å². The van der Waals surface area contributed by atoms with Crippen LogP contribution in [0.25, 0.3) is 0 Å². The van der Waals surface area contributed by atoms with Crippen molar-refractivity contribution in [3.05, 3.63) is 23.4 Å². The number of amides is 1. The zero-order valence-electron chi connectivity index (χ0n) is 11.5. The van der Waals surface area contributed by atoms with Crippen molar-refractivity contribution in [3.8, 4) is 0 Å². The van der Waals surface area contributed by atoms with Crippen LogP contribution in [0.15, 0.2) is 12.1 Å². The minimum Gasteiger partial charge on any atom is -0.379 e. The lowest BCUT2D eigenvalue weighted by Crippen LogP contribution is -2.40. The van der Waals surface area contributed by atoms with Crippen LogP contribution in [-0.2, 0) is 4.74 Å². The van der Waals surface area contributed by atoms with Crippen molar-refractivity contribution in [2.45, 2.75) is 32.7 Å². The van der Waals surface area contributed by atoms with Gasteiger partial charge in [-0.1, -0.05) is 0 Å². The number of carbonyl (C=O) groups excluding carboxylic acids is 1. The average Bonchev–Trinajstić information content (AvgIpc) is 2.39. The number of carbonyl (C=O) groups is 1. The van der Waals surface area contributed by atoms with E-state index in [1.54, 1.807) is 12.1 Å². The maximum Gasteiger partial charge on any atom is 0.251 e. The summed E-state index contributed by atoms with van der Waals surface area (Å²) < 4.78 is 5.37. The second-order valence-corrected chi connectivity index (χ2v) is 4.80. The molecule has 0 aliphatic carbocycles. The van der Waals surface area contributed by atoms with Crippen molar-refractivity contribution in [3.63, 3.8) is 0 Å². The van der Waals surface area contributed by atoms with E-state index in [0.29, 0.717) is 12.2 Å². The van der Waals surface area contributed by atoms with E-state index in [9.17, 15) is 4.79 Å². The van der Waals surface area contributed by atoms with Gasteiger partial charge >= 0.3 is 0 Å². The number of anilines is 1. The lowest BCUT2D eigenvalue weighted by atomic mass is 10.1. The van der Waals surface area contributed by atoms with Crippen molar-refractivity contribution in [1.29, 1.82) is 0 Å². The molecule has 1 aliphatic heterocycles. The number of nitrogens with one attached hydrogen (secondary N) is 2. The molecule has 1 aromatic rings. The molecular weight excluding hydrogens is 242 g/mol. The van der Waals surface area contributed by atoms with Crippen LogP contribution in [0.1, 0.15) is 35.8 Å². The van der Waals surface area contributed by atoms with E-state index in [1.807, 2.05) is 13.8 Å². The minimum atomic E-state index is -0.0554. The minimum absolute atomic E-state index is 0.0554. The maximum atomic E-state index is 12.2. The first-order chi connectivity index (χ1) is 9.19. The summed E-state index contributed by atoms with van der Waals surface area (Å²) in [5.41, 5.74) is 1.48. The molecule has 0 bridgehead atoms. The SMILES string of the molecule is CCNc1cc(C(=O)NC2CCCOC2)cc(C)n1. The fourth-order valence-corrected chi connectivity index (χ4v) is 2.19. The van der Waals surface area contributed by atoms with Gasteiger partial charge in [-0.15, -0.1) is 0 Å². The Morgan fingerprint density at radius 2 is 2.37 bits per heavy atom. The fraction of sp³-hybridized carbons (Fsp3) is 0.571. The highest BCUT2D eigenvalue weighted by Crippen LogP contribution is 2.12. The predicted molar refractivity (Wildman–Crippen MR) is 74.4 cm³/mol. The molecular formula is C14H21N3O2. The Hall–Kier alpha value is -1.62. The molecule has 104 valence electrons. The smallest absolute Gasteiger partial charge is 0.251 e. The zero-order valence-corrected chi connectivity index (χ0v) is 11.5. The van der Waals surface area contributed by atoms with Gasteiger partial charge < -0.3 is 15.4 Å². The first-order valence-corrected chi connectivity index (χ1v) is 6.80. The molecule has 0 aromatic carbocycles. The molecule has 1 fully saturated rings. The zero-order chi connectivity index (χ0) is 13.7. The summed E-state index contributed by atoms with van der Waals surface area (Å²) in [5, 5.41) is 6.14. The van der Waals surface area contributed by atoms with Gasteiger partial charge in [0.05, 0.1) is 12.6 Å². The van der Waals surface area contributed by atoms with Crippen LogP contribution in [0.3, 0.4) is 0 Å². The Bertz CT molecular complexity index is 442. The van der Waals surface area contributed by atoms with Gasteiger partial charge in [-0.05, 0) is 38.8 Å². The molecule has 2 heterocycles. The standard InChI is InChI=1S/C14H21N3O2/c1-3-15-13-8-11(7-10(2)16-13)14(18)17-12-5-4-6-19-9-12/h7-8,12H,3-6,9H2,1-2H3,(H,15,16)(H,17,18). The predicted octanol–water partition coefficient (Wildman–Crippen LogP) is 1.73. The molecule has 1 saturated heterocycles. The average molecular weight is 263 g/mol. The number of ether oxygens (including phenoxy) is 1. The highest BCUT2D eigenvalue weighted by Gasteiger charge is 2.17. The van der Waals surface area contributed by atoms with Crippen molar-refractivity contribution >= 4 is 11.7 Å². The molecule has 5 heteroatoms. The molecule has 0 saturated carbocycles. The van der Waals surface area contributed by atoms with Gasteiger partial charge in [-0.3, -0.25) is 4.79 Å². The summed E-state index contributed by atoms with van der Waals surface area (Å²) in [4.78, 5) is 16.5. The van der Waals surface area contributed by atoms with E-state index in [4.69, 9.17) is 4.74 Å². The van der Waals surface area contributed by atoms with Crippen LogP contribution >= 0.6 is 0 Å². The van der Waals surface area contributed by atoms with Gasteiger partial charge in [0.2, 0.25) is 0 Å². The van der Waals surface area contributed by atoms with Gasteiger partial charge in [0.15, 0.2) is 0 Å². The molecule has 19 heavy (non-hydrogen) atoms. The normalized spacial score (nSPS) is 18.9. The number of rotatable bonds is 4. The highest BCUT2D eigenvalue weighted by atomic mass is 16.5. The Morgan fingerprint density at radius 3 is 3.05 bits per heavy atom. The third-order valence-electron chi connectivity index (χ3n) is 3.07. The molecule has 1 aliphatic rings. The summed E-state index contributed by atoms with van der Waals surface area (Å²) in [5.74, 6) is 0.688. The number of pyridine rings is 1. The summed E-state index contributed by atoms with van der Waals surface area (Å²) >= 11 is 0. The van der Waals surface area contributed by atoms with Crippen LogP contribution in [0.5, 0.6) is 0 Å². The Morgan fingerprint density at radius 1 is 1.53 bits per heavy atom. The second kappa shape index (κ2) is 6.52. The summed E-state index contributed by atoms with van der Waals surface area (Å²) in [6, 6.07) is 3.72. The Kier molecular flexibility index (Phi) is 4.74. The molecule has 0 radical (unpaired) electrons. The Labute approximate surface area is 113 Å². The molecule has 2 N–H and O–H groups in total. The van der Waals surface area contributed by atoms with Crippen molar-refractivity contribution in [2.24, 2.45) is 0 Å². The van der Waals surface area contributed by atoms with E-state index in [0.717, 1.165) is 37.5 Å². The molecule has 1 amide bonds. The van der Waals surface area contributed by atoms with E-state index >= 15 is 0 Å². The molecule has 1 unspecified atom stereocenters. The number of aromatic nitrogens is 1. The summed E-state index contributed by atoms with van der Waals surface area (Å²) in [6.07, 6.45) is 1.98. The number of hydrogen-bond donors (Lipinski definition) is 2. The third kappa shape index (κ3) is 3.92. The van der Waals surface area contributed by atoms with Crippen LogP contribution in [0, 0.1) is 6.92 Å². The van der Waals surface area contributed by atoms with Crippen molar-refractivity contribution < 1.29 is 9.53 Å². The van der Waals surface area contributed by atoms with Crippen LogP contribution in [0.4, 0.5) is 5.82 Å². The quantitative estimate of drug-likeness (QED) is 0.868. The van der Waals surface area contributed by atoms with Crippen molar-refractivity contribution in [1.82, 2.24) is 10.3 Å². The summed E-state index contributed by atoms with van der Waals surface area (Å²) in [6.45, 7) is 6.08. The van der Waals surface area contributed by atoms with Gasteiger partial charge in [0.1, 0.15) is 5.82 Å². The van der Waals surface area contributed by atoms with Crippen LogP contribution < -0.4 is 10.6 Å². The fourth-order valence-electron chi connectivity index (χ4n) is 2.19. The van der Waals surface area contributed by atoms with E-state index < -0.39 is 0 Å². The lowest BCUT2D eigenvalue weighted by Gasteiger charge is -2.23. The van der Waals surface area contributed by atoms with Gasteiger partial charge in [-0.25, -0.2) is 4.98 Å². The van der Waals surface area contributed by atoms with Gasteiger partial charge in [0.25, 0.3) is 5.91 Å². The van der Waals surface area contributed by atoms with E-state index in [1.165, 1.54) is 0 Å². The van der Waals surface area contributed by atoms with Gasteiger partial charge in [0, 0.05) is 24.4 Å². The Balaban J connectivity index is 2.05. The lowest BCUT2D eigenvalue weighted by molar-refractivity contribution is 0.0624. The van der Waals surface area contributed by atoms with Gasteiger partial charge in [-0.2, -0.15) is 0 Å². The number of aryl methyl sites for hydroxylation is 1. The van der Waals surface area contributed by atoms with Crippen molar-refractivity contribution in [2.75, 3.05) is 25.1 Å². The highest BCUT2D eigenvalue weighted by molar-refractivity contribution is 5.95. The first kappa shape index (κ1) is 13.8.